The van der Waals surface area contributed by atoms with E-state index < -0.39 is 12.1 Å². The Bertz CT molecular complexity index is 125. The van der Waals surface area contributed by atoms with E-state index in [0.29, 0.717) is 6.08 Å². The molecule has 0 bridgehead atoms. The highest BCUT2D eigenvalue weighted by Crippen LogP contribution is 2.19. The Morgan fingerprint density at radius 1 is 1.44 bits per heavy atom. The molecule has 4 heteroatoms. The van der Waals surface area contributed by atoms with E-state index in [2.05, 4.69) is 17.9 Å². The van der Waals surface area contributed by atoms with Gasteiger partial charge in [0.15, 0.2) is 0 Å². The summed E-state index contributed by atoms with van der Waals surface area (Å²) in [4.78, 5) is 0. The third-order valence-corrected chi connectivity index (χ3v) is 0.398. The molecule has 0 aliphatic heterocycles. The number of halogens is 3. The molecule has 0 amide bonds. The van der Waals surface area contributed by atoms with E-state index in [0.717, 1.165) is 0 Å². The lowest BCUT2D eigenvalue weighted by atomic mass is 10.6. The van der Waals surface area contributed by atoms with E-state index in [4.69, 9.17) is 0 Å². The molecule has 9 heavy (non-hydrogen) atoms. The van der Waals surface area contributed by atoms with Gasteiger partial charge in [-0.15, -0.1) is 13.2 Å². The Hall–Kier alpha value is -0.930. The van der Waals surface area contributed by atoms with Gasteiger partial charge in [0.2, 0.25) is 0 Å². The van der Waals surface area contributed by atoms with E-state index >= 15 is 0 Å². The average molecular weight is 136 g/mol. The standard InChI is InChI=1S/C5H3F3O/c1-3-4(2)9-5(6,7)8/h1-3H. The molecule has 0 aliphatic carbocycles. The second kappa shape index (κ2) is 2.57. The van der Waals surface area contributed by atoms with Crippen LogP contribution < -0.4 is 0 Å². The smallest absolute Gasteiger partial charge is 0.406 e. The fraction of sp³-hybridized carbons (Fsp3) is 0.200. The number of allylic oxidation sites excluding steroid dienone is 1. The van der Waals surface area contributed by atoms with E-state index in [1.54, 1.807) is 0 Å². The first-order chi connectivity index (χ1) is 3.95. The summed E-state index contributed by atoms with van der Waals surface area (Å²) < 4.78 is 36.4. The molecule has 0 fully saturated rings. The van der Waals surface area contributed by atoms with Gasteiger partial charge in [0.05, 0.1) is 0 Å². The van der Waals surface area contributed by atoms with Crippen molar-refractivity contribution in [3.8, 4) is 0 Å². The first kappa shape index (κ1) is 8.07. The molecular weight excluding hydrogens is 133 g/mol. The van der Waals surface area contributed by atoms with Crippen molar-refractivity contribution in [1.29, 1.82) is 0 Å². The van der Waals surface area contributed by atoms with Gasteiger partial charge in [0.1, 0.15) is 5.76 Å². The SMILES string of the molecule is [CH]=CC(=[CH])OC(F)(F)F. The van der Waals surface area contributed by atoms with Crippen LogP contribution in [0.5, 0.6) is 0 Å². The van der Waals surface area contributed by atoms with E-state index in [1.165, 1.54) is 0 Å². The zero-order valence-electron chi connectivity index (χ0n) is 4.27. The Morgan fingerprint density at radius 2 is 1.89 bits per heavy atom. The summed E-state index contributed by atoms with van der Waals surface area (Å²) in [6, 6.07) is 0. The molecule has 0 saturated heterocycles. The molecule has 0 aromatic rings. The zero-order valence-corrected chi connectivity index (χ0v) is 4.27. The van der Waals surface area contributed by atoms with E-state index in [1.807, 2.05) is 0 Å². The molecule has 0 saturated carbocycles. The minimum Gasteiger partial charge on any atom is -0.406 e. The minimum absolute atomic E-state index is 0.521. The third-order valence-electron chi connectivity index (χ3n) is 0.398. The number of ether oxygens (including phenoxy) is 1. The van der Waals surface area contributed by atoms with Crippen molar-refractivity contribution in [3.05, 3.63) is 25.0 Å². The third kappa shape index (κ3) is 4.93. The van der Waals surface area contributed by atoms with Crippen LogP contribution in [0.15, 0.2) is 11.8 Å². The molecule has 2 radical (unpaired) electrons. The molecule has 0 unspecified atom stereocenters. The predicted octanol–water partition coefficient (Wildman–Crippen LogP) is 1.83. The maximum atomic E-state index is 11.1. The summed E-state index contributed by atoms with van der Waals surface area (Å²) in [5.41, 5.74) is 0. The van der Waals surface area contributed by atoms with Crippen molar-refractivity contribution >= 4 is 0 Å². The molecule has 0 spiro atoms. The number of alkyl halides is 3. The van der Waals surface area contributed by atoms with Crippen LogP contribution in [0.3, 0.4) is 0 Å². The topological polar surface area (TPSA) is 9.23 Å². The maximum absolute atomic E-state index is 11.1. The largest absolute Gasteiger partial charge is 0.573 e. The van der Waals surface area contributed by atoms with E-state index in [9.17, 15) is 13.2 Å². The summed E-state index contributed by atoms with van der Waals surface area (Å²) in [6.45, 7) is 9.12. The van der Waals surface area contributed by atoms with Crippen LogP contribution in [0.25, 0.3) is 0 Å². The highest BCUT2D eigenvalue weighted by molar-refractivity contribution is 4.97. The van der Waals surface area contributed by atoms with Gasteiger partial charge in [-0.25, -0.2) is 0 Å². The molecule has 1 nitrogen and oxygen atoms in total. The van der Waals surface area contributed by atoms with Gasteiger partial charge in [-0.3, -0.25) is 0 Å². The van der Waals surface area contributed by atoms with Crippen LogP contribution in [0, 0.1) is 13.2 Å². The van der Waals surface area contributed by atoms with Gasteiger partial charge in [0.25, 0.3) is 0 Å². The average Bonchev–Trinajstić information content (AvgIpc) is 1.62. The lowest BCUT2D eigenvalue weighted by Gasteiger charge is -2.06. The van der Waals surface area contributed by atoms with Gasteiger partial charge in [-0.05, 0) is 12.7 Å². The Balaban J connectivity index is 3.74. The Labute approximate surface area is 50.4 Å². The molecular formula is C5H3F3O. The van der Waals surface area contributed by atoms with Gasteiger partial charge < -0.3 is 4.74 Å². The van der Waals surface area contributed by atoms with Crippen LogP contribution in [0.2, 0.25) is 0 Å². The lowest BCUT2D eigenvalue weighted by molar-refractivity contribution is -0.303. The summed E-state index contributed by atoms with van der Waals surface area (Å²) >= 11 is 0. The lowest BCUT2D eigenvalue weighted by Crippen LogP contribution is -2.11. The van der Waals surface area contributed by atoms with Crippen molar-refractivity contribution in [2.24, 2.45) is 0 Å². The van der Waals surface area contributed by atoms with Gasteiger partial charge >= 0.3 is 6.36 Å². The normalized spacial score (nSPS) is 10.6. The maximum Gasteiger partial charge on any atom is 0.573 e. The van der Waals surface area contributed by atoms with Crippen LogP contribution in [0.1, 0.15) is 0 Å². The Kier molecular flexibility index (Phi) is 2.30. The second-order valence-electron chi connectivity index (χ2n) is 1.12. The molecule has 0 N–H and O–H groups in total. The zero-order chi connectivity index (χ0) is 7.49. The fourth-order valence-electron chi connectivity index (χ4n) is 0.168. The first-order valence-corrected chi connectivity index (χ1v) is 1.89. The highest BCUT2D eigenvalue weighted by atomic mass is 19.4. The molecule has 0 aliphatic rings. The number of hydrogen-bond donors (Lipinski definition) is 0. The van der Waals surface area contributed by atoms with Crippen LogP contribution in [-0.4, -0.2) is 6.36 Å². The summed E-state index contributed by atoms with van der Waals surface area (Å²) in [6.07, 6.45) is -4.23. The van der Waals surface area contributed by atoms with Crippen molar-refractivity contribution in [2.75, 3.05) is 0 Å². The monoisotopic (exact) mass is 136 g/mol. The number of rotatable bonds is 2. The predicted molar refractivity (Wildman–Crippen MR) is 23.8 cm³/mol. The van der Waals surface area contributed by atoms with Crippen LogP contribution >= 0.6 is 0 Å². The first-order valence-electron chi connectivity index (χ1n) is 1.89. The molecule has 0 rings (SSSR count). The molecule has 0 heterocycles. The molecule has 0 aromatic carbocycles. The van der Waals surface area contributed by atoms with Crippen LogP contribution in [0.4, 0.5) is 13.2 Å². The fourth-order valence-corrected chi connectivity index (χ4v) is 0.168. The van der Waals surface area contributed by atoms with E-state index in [-0.39, 0.29) is 0 Å². The Morgan fingerprint density at radius 3 is 2.00 bits per heavy atom. The highest BCUT2D eigenvalue weighted by Gasteiger charge is 2.30. The van der Waals surface area contributed by atoms with Crippen molar-refractivity contribution < 1.29 is 17.9 Å². The summed E-state index contributed by atoms with van der Waals surface area (Å²) in [5, 5.41) is 0. The summed E-state index contributed by atoms with van der Waals surface area (Å²) in [5.74, 6) is -0.859. The minimum atomic E-state index is -4.75. The van der Waals surface area contributed by atoms with Crippen molar-refractivity contribution in [2.45, 2.75) is 6.36 Å². The molecule has 50 valence electrons. The quantitative estimate of drug-likeness (QED) is 0.415. The number of hydrogen-bond acceptors (Lipinski definition) is 1. The molecule has 0 aromatic heterocycles. The van der Waals surface area contributed by atoms with Crippen molar-refractivity contribution in [3.63, 3.8) is 0 Å². The van der Waals surface area contributed by atoms with Crippen molar-refractivity contribution in [1.82, 2.24) is 0 Å². The van der Waals surface area contributed by atoms with Gasteiger partial charge in [0, 0.05) is 0 Å². The van der Waals surface area contributed by atoms with Gasteiger partial charge in [-0.1, -0.05) is 6.58 Å². The summed E-state index contributed by atoms with van der Waals surface area (Å²) in [7, 11) is 0. The van der Waals surface area contributed by atoms with Crippen LogP contribution in [-0.2, 0) is 4.74 Å². The van der Waals surface area contributed by atoms with Gasteiger partial charge in [-0.2, -0.15) is 0 Å². The second-order valence-corrected chi connectivity index (χ2v) is 1.12. The molecule has 0 atom stereocenters.